The lowest BCUT2D eigenvalue weighted by atomic mass is 9.86. The fourth-order valence-electron chi connectivity index (χ4n) is 8.15. The lowest BCUT2D eigenvalue weighted by Gasteiger charge is -2.26. The van der Waals surface area contributed by atoms with Crippen molar-refractivity contribution in [2.75, 3.05) is 16.5 Å². The largest absolute Gasteiger partial charge is 0.457 e. The van der Waals surface area contributed by atoms with Crippen molar-refractivity contribution in [2.45, 2.75) is 78.6 Å². The van der Waals surface area contributed by atoms with Crippen LogP contribution in [0.3, 0.4) is 0 Å². The molecule has 0 saturated carbocycles. The molecular formula is C52H53N5O. The summed E-state index contributed by atoms with van der Waals surface area (Å²) in [5.41, 5.74) is 11.6. The van der Waals surface area contributed by atoms with Crippen molar-refractivity contribution in [1.82, 2.24) is 14.1 Å². The molecule has 6 nitrogen and oxygen atoms in total. The molecule has 0 saturated heterocycles. The van der Waals surface area contributed by atoms with Crippen molar-refractivity contribution in [2.24, 2.45) is 0 Å². The van der Waals surface area contributed by atoms with Crippen LogP contribution in [0.25, 0.3) is 44.3 Å². The number of anilines is 2. The zero-order valence-corrected chi connectivity index (χ0v) is 35.2. The van der Waals surface area contributed by atoms with Crippen LogP contribution in [0.5, 0.6) is 11.5 Å². The Balaban J connectivity index is 1.16. The molecule has 0 atom stereocenters. The minimum Gasteiger partial charge on any atom is -0.457 e. The third-order valence-electron chi connectivity index (χ3n) is 11.5. The van der Waals surface area contributed by atoms with Gasteiger partial charge in [0.1, 0.15) is 17.3 Å². The molecular weight excluding hydrogens is 711 g/mol. The predicted molar refractivity (Wildman–Crippen MR) is 243 cm³/mol. The first-order valence-electron chi connectivity index (χ1n) is 20.4. The highest BCUT2D eigenvalue weighted by Crippen LogP contribution is 2.43. The predicted octanol–water partition coefficient (Wildman–Crippen LogP) is 13.6. The van der Waals surface area contributed by atoms with E-state index in [0.717, 1.165) is 56.1 Å². The lowest BCUT2D eigenvalue weighted by molar-refractivity contribution is 0.479. The van der Waals surface area contributed by atoms with E-state index < -0.39 is 0 Å². The second-order valence-electron chi connectivity index (χ2n) is 18.8. The number of aromatic nitrogens is 3. The van der Waals surface area contributed by atoms with Crippen LogP contribution < -0.4 is 14.5 Å². The second kappa shape index (κ2) is 13.7. The highest BCUT2D eigenvalue weighted by atomic mass is 16.5. The molecule has 0 spiro atoms. The van der Waals surface area contributed by atoms with Gasteiger partial charge in [-0.1, -0.05) is 111 Å². The number of nitrogens with zero attached hydrogens (tertiary/aromatic N) is 5. The molecule has 0 aliphatic carbocycles. The summed E-state index contributed by atoms with van der Waals surface area (Å²) >= 11 is 0. The van der Waals surface area contributed by atoms with Crippen LogP contribution in [-0.4, -0.2) is 20.8 Å². The first-order valence-corrected chi connectivity index (χ1v) is 20.4. The van der Waals surface area contributed by atoms with Gasteiger partial charge in [0.2, 0.25) is 0 Å². The summed E-state index contributed by atoms with van der Waals surface area (Å²) in [6.07, 6.45) is 6.27. The molecule has 4 heterocycles. The number of benzene rings is 5. The molecule has 6 heteroatoms. The summed E-state index contributed by atoms with van der Waals surface area (Å²) in [6, 6.07) is 45.8. The van der Waals surface area contributed by atoms with E-state index >= 15 is 0 Å². The van der Waals surface area contributed by atoms with Gasteiger partial charge in [-0.25, -0.2) is 4.98 Å². The molecule has 0 bridgehead atoms. The third-order valence-corrected chi connectivity index (χ3v) is 11.5. The maximum Gasteiger partial charge on any atom is 0.137 e. The molecule has 58 heavy (non-hydrogen) atoms. The maximum absolute atomic E-state index is 6.92. The Labute approximate surface area is 342 Å². The van der Waals surface area contributed by atoms with E-state index in [-0.39, 0.29) is 16.2 Å². The van der Waals surface area contributed by atoms with Crippen LogP contribution >= 0.6 is 0 Å². The van der Waals surface area contributed by atoms with Crippen molar-refractivity contribution in [1.29, 1.82) is 0 Å². The highest BCUT2D eigenvalue weighted by molar-refractivity contribution is 6.20. The standard InChI is InChI=1S/C52H53N5O/c1-50(2,3)35-19-21-38(22-20-35)54-27-28-55(34-54)40-29-37(52(7,8)9)30-42(32-40)58-41-23-24-44-46(33-41)57(47-31-36(25-26-53-47)51(4,5)6)49-43-17-13-14-18-45(43)56(48(44)49)39-15-11-10-12-16-39/h10-33H,34H2,1-9H3. The fourth-order valence-corrected chi connectivity index (χ4v) is 8.15. The van der Waals surface area contributed by atoms with Crippen molar-refractivity contribution >= 4 is 44.2 Å². The fraction of sp³-hybridized carbons (Fsp3) is 0.250. The van der Waals surface area contributed by atoms with Crippen molar-refractivity contribution in [3.05, 3.63) is 163 Å². The van der Waals surface area contributed by atoms with E-state index in [0.29, 0.717) is 6.67 Å². The van der Waals surface area contributed by atoms with Crippen molar-refractivity contribution < 1.29 is 4.74 Å². The second-order valence-corrected chi connectivity index (χ2v) is 18.8. The van der Waals surface area contributed by atoms with Crippen LogP contribution in [0.1, 0.15) is 79.0 Å². The first kappa shape index (κ1) is 37.3. The Hall–Kier alpha value is -6.27. The van der Waals surface area contributed by atoms with Gasteiger partial charge >= 0.3 is 0 Å². The van der Waals surface area contributed by atoms with E-state index in [1.165, 1.54) is 27.8 Å². The van der Waals surface area contributed by atoms with Gasteiger partial charge in [0, 0.05) is 58.6 Å². The van der Waals surface area contributed by atoms with Crippen LogP contribution in [0, 0.1) is 0 Å². The summed E-state index contributed by atoms with van der Waals surface area (Å²) in [5.74, 6) is 2.46. The summed E-state index contributed by atoms with van der Waals surface area (Å²) < 4.78 is 11.6. The SMILES string of the molecule is CC(C)(C)c1ccc(N2C=CN(c3cc(Oc4ccc5c(c4)n(-c4cc(C(C)(C)C)ccn4)c4c6ccccc6n(-c6ccccc6)c54)cc(C(C)(C)C)c3)C2)cc1. The van der Waals surface area contributed by atoms with Crippen molar-refractivity contribution in [3.63, 3.8) is 0 Å². The minimum absolute atomic E-state index is 0.0414. The van der Waals surface area contributed by atoms with Crippen LogP contribution in [0.2, 0.25) is 0 Å². The number of ether oxygens (including phenoxy) is 1. The Kier molecular flexibility index (Phi) is 8.81. The van der Waals surface area contributed by atoms with Crippen LogP contribution in [0.15, 0.2) is 146 Å². The molecule has 0 N–H and O–H groups in total. The molecule has 8 aromatic rings. The normalized spacial score (nSPS) is 13.7. The average Bonchev–Trinajstić information content (AvgIpc) is 3.90. The molecule has 0 fully saturated rings. The van der Waals surface area contributed by atoms with Gasteiger partial charge in [0.15, 0.2) is 0 Å². The third kappa shape index (κ3) is 6.70. The monoisotopic (exact) mass is 763 g/mol. The molecule has 3 aromatic heterocycles. The van der Waals surface area contributed by atoms with E-state index in [1.54, 1.807) is 0 Å². The Morgan fingerprint density at radius 3 is 1.81 bits per heavy atom. The zero-order valence-electron chi connectivity index (χ0n) is 35.2. The van der Waals surface area contributed by atoms with Crippen molar-refractivity contribution in [3.8, 4) is 23.0 Å². The summed E-state index contributed by atoms with van der Waals surface area (Å²) in [6.45, 7) is 21.0. The topological polar surface area (TPSA) is 38.5 Å². The first-order chi connectivity index (χ1) is 27.6. The van der Waals surface area contributed by atoms with Gasteiger partial charge in [-0.2, -0.15) is 0 Å². The quantitative estimate of drug-likeness (QED) is 0.169. The lowest BCUT2D eigenvalue weighted by Crippen LogP contribution is -2.25. The summed E-state index contributed by atoms with van der Waals surface area (Å²) in [5, 5.41) is 2.30. The number of pyridine rings is 1. The smallest absolute Gasteiger partial charge is 0.137 e. The molecule has 9 rings (SSSR count). The number of hydrogen-bond donors (Lipinski definition) is 0. The van der Waals surface area contributed by atoms with Crippen LogP contribution in [-0.2, 0) is 16.2 Å². The zero-order chi connectivity index (χ0) is 40.6. The van der Waals surface area contributed by atoms with Gasteiger partial charge < -0.3 is 19.1 Å². The molecule has 1 aliphatic heterocycles. The number of hydrogen-bond acceptors (Lipinski definition) is 4. The molecule has 0 radical (unpaired) electrons. The van der Waals surface area contributed by atoms with Gasteiger partial charge in [0.05, 0.1) is 28.7 Å². The Morgan fingerprint density at radius 1 is 0.466 bits per heavy atom. The van der Waals surface area contributed by atoms with E-state index in [1.807, 2.05) is 6.20 Å². The summed E-state index contributed by atoms with van der Waals surface area (Å²) in [7, 11) is 0. The number of fused-ring (bicyclic) bond motifs is 5. The maximum atomic E-state index is 6.92. The van der Waals surface area contributed by atoms with Gasteiger partial charge in [-0.15, -0.1) is 0 Å². The Morgan fingerprint density at radius 2 is 1.10 bits per heavy atom. The molecule has 1 aliphatic rings. The van der Waals surface area contributed by atoms with Gasteiger partial charge in [0.25, 0.3) is 0 Å². The van der Waals surface area contributed by atoms with E-state index in [4.69, 9.17) is 9.72 Å². The molecule has 0 unspecified atom stereocenters. The van der Waals surface area contributed by atoms with E-state index in [9.17, 15) is 0 Å². The van der Waals surface area contributed by atoms with Crippen LogP contribution in [0.4, 0.5) is 11.4 Å². The number of rotatable bonds is 6. The molecule has 292 valence electrons. The molecule has 5 aromatic carbocycles. The average molecular weight is 764 g/mol. The highest BCUT2D eigenvalue weighted by Gasteiger charge is 2.26. The minimum atomic E-state index is -0.0858. The van der Waals surface area contributed by atoms with E-state index in [2.05, 4.69) is 221 Å². The van der Waals surface area contributed by atoms with Gasteiger partial charge in [-0.05, 0) is 99.7 Å². The number of para-hydroxylation sites is 2. The van der Waals surface area contributed by atoms with Gasteiger partial charge in [-0.3, -0.25) is 4.57 Å². The Bertz CT molecular complexity index is 2840. The molecule has 0 amide bonds. The summed E-state index contributed by atoms with van der Waals surface area (Å²) in [4.78, 5) is 9.62.